The highest BCUT2D eigenvalue weighted by Crippen LogP contribution is 2.26. The van der Waals surface area contributed by atoms with E-state index in [0.717, 1.165) is 30.9 Å². The van der Waals surface area contributed by atoms with E-state index in [1.54, 1.807) is 0 Å². The summed E-state index contributed by atoms with van der Waals surface area (Å²) in [7, 11) is 2.08. The Morgan fingerprint density at radius 2 is 1.96 bits per heavy atom. The second-order valence-corrected chi connectivity index (χ2v) is 6.84. The van der Waals surface area contributed by atoms with E-state index >= 15 is 0 Å². The van der Waals surface area contributed by atoms with Crippen molar-refractivity contribution in [2.75, 3.05) is 33.3 Å². The number of hydrogen-bond donors (Lipinski definition) is 1. The predicted molar refractivity (Wildman–Crippen MR) is 90.8 cm³/mol. The number of rotatable bonds is 6. The molecule has 0 spiro atoms. The standard InChI is InChI=1S/C18H28N2O3/c1-13(2)12-23-16-7-5-15(6-8-16)17(18(21)22)20-10-9-19(4)14(3)11-20/h5-8,13-14,17H,9-12H2,1-4H3,(H,21,22). The average molecular weight is 320 g/mol. The van der Waals surface area contributed by atoms with Gasteiger partial charge in [-0.3, -0.25) is 9.69 Å². The molecule has 1 aliphatic rings. The van der Waals surface area contributed by atoms with Crippen molar-refractivity contribution < 1.29 is 14.6 Å². The zero-order chi connectivity index (χ0) is 17.0. The van der Waals surface area contributed by atoms with Gasteiger partial charge in [0.15, 0.2) is 0 Å². The van der Waals surface area contributed by atoms with Gasteiger partial charge in [-0.05, 0) is 37.6 Å². The molecule has 5 nitrogen and oxygen atoms in total. The summed E-state index contributed by atoms with van der Waals surface area (Å²) in [4.78, 5) is 16.1. The molecule has 1 N–H and O–H groups in total. The van der Waals surface area contributed by atoms with E-state index in [1.165, 1.54) is 0 Å². The summed E-state index contributed by atoms with van der Waals surface area (Å²) in [6, 6.07) is 7.25. The van der Waals surface area contributed by atoms with Gasteiger partial charge in [0.2, 0.25) is 0 Å². The van der Waals surface area contributed by atoms with Gasteiger partial charge in [0.25, 0.3) is 0 Å². The molecule has 5 heteroatoms. The van der Waals surface area contributed by atoms with E-state index in [9.17, 15) is 9.90 Å². The molecule has 1 aliphatic heterocycles. The van der Waals surface area contributed by atoms with Crippen LogP contribution >= 0.6 is 0 Å². The van der Waals surface area contributed by atoms with Crippen molar-refractivity contribution in [2.24, 2.45) is 5.92 Å². The first-order valence-corrected chi connectivity index (χ1v) is 8.28. The van der Waals surface area contributed by atoms with Gasteiger partial charge in [-0.2, -0.15) is 0 Å². The summed E-state index contributed by atoms with van der Waals surface area (Å²) >= 11 is 0. The van der Waals surface area contributed by atoms with Gasteiger partial charge in [-0.1, -0.05) is 26.0 Å². The Morgan fingerprint density at radius 1 is 1.30 bits per heavy atom. The Labute approximate surface area is 138 Å². The first-order valence-electron chi connectivity index (χ1n) is 8.28. The second kappa shape index (κ2) is 7.79. The summed E-state index contributed by atoms with van der Waals surface area (Å²) in [5, 5.41) is 9.69. The van der Waals surface area contributed by atoms with Gasteiger partial charge < -0.3 is 14.7 Å². The van der Waals surface area contributed by atoms with Crippen molar-refractivity contribution >= 4 is 5.97 Å². The maximum atomic E-state index is 11.8. The average Bonchev–Trinajstić information content (AvgIpc) is 2.50. The molecule has 1 aromatic rings. The first-order chi connectivity index (χ1) is 10.9. The Balaban J connectivity index is 2.10. The number of piperazine rings is 1. The molecule has 0 radical (unpaired) electrons. The van der Waals surface area contributed by atoms with E-state index in [0.29, 0.717) is 18.6 Å². The minimum atomic E-state index is -0.794. The molecular formula is C18H28N2O3. The van der Waals surface area contributed by atoms with Gasteiger partial charge in [0, 0.05) is 25.7 Å². The summed E-state index contributed by atoms with van der Waals surface area (Å²) < 4.78 is 5.67. The Kier molecular flexibility index (Phi) is 6.02. The maximum Gasteiger partial charge on any atom is 0.325 e. The molecule has 23 heavy (non-hydrogen) atoms. The molecule has 1 heterocycles. The molecule has 0 saturated carbocycles. The van der Waals surface area contributed by atoms with E-state index in [4.69, 9.17) is 4.74 Å². The number of carbonyl (C=O) groups is 1. The van der Waals surface area contributed by atoms with Crippen LogP contribution in [0, 0.1) is 5.92 Å². The monoisotopic (exact) mass is 320 g/mol. The van der Waals surface area contributed by atoms with Crippen LogP contribution < -0.4 is 4.74 Å². The van der Waals surface area contributed by atoms with Gasteiger partial charge in [-0.15, -0.1) is 0 Å². The molecule has 1 saturated heterocycles. The van der Waals surface area contributed by atoms with Crippen molar-refractivity contribution in [3.63, 3.8) is 0 Å². The number of benzene rings is 1. The number of carboxylic acid groups (broad SMARTS) is 1. The fourth-order valence-electron chi connectivity index (χ4n) is 2.83. The van der Waals surface area contributed by atoms with Crippen molar-refractivity contribution in [3.05, 3.63) is 29.8 Å². The number of likely N-dealkylation sites (N-methyl/N-ethyl adjacent to an activating group) is 1. The molecule has 2 rings (SSSR count). The number of hydrogen-bond acceptors (Lipinski definition) is 4. The highest BCUT2D eigenvalue weighted by atomic mass is 16.5. The zero-order valence-electron chi connectivity index (χ0n) is 14.5. The summed E-state index contributed by atoms with van der Waals surface area (Å²) in [5.41, 5.74) is 0.811. The van der Waals surface area contributed by atoms with Crippen LogP contribution in [0.4, 0.5) is 0 Å². The van der Waals surface area contributed by atoms with Crippen LogP contribution in [0.15, 0.2) is 24.3 Å². The van der Waals surface area contributed by atoms with E-state index in [1.807, 2.05) is 24.3 Å². The first kappa shape index (κ1) is 17.8. The minimum Gasteiger partial charge on any atom is -0.493 e. The Morgan fingerprint density at radius 3 is 2.48 bits per heavy atom. The van der Waals surface area contributed by atoms with Crippen molar-refractivity contribution in [1.82, 2.24) is 9.80 Å². The highest BCUT2D eigenvalue weighted by Gasteiger charge is 2.32. The molecule has 0 aromatic heterocycles. The van der Waals surface area contributed by atoms with Crippen LogP contribution in [0.3, 0.4) is 0 Å². The predicted octanol–water partition coefficient (Wildman–Crippen LogP) is 2.48. The molecule has 2 unspecified atom stereocenters. The summed E-state index contributed by atoms with van der Waals surface area (Å²) in [6.45, 7) is 9.42. The number of nitrogens with zero attached hydrogens (tertiary/aromatic N) is 2. The lowest BCUT2D eigenvalue weighted by Gasteiger charge is -2.40. The quantitative estimate of drug-likeness (QED) is 0.873. The normalized spacial score (nSPS) is 21.3. The van der Waals surface area contributed by atoms with Gasteiger partial charge in [0.1, 0.15) is 11.8 Å². The molecule has 2 atom stereocenters. The fraction of sp³-hybridized carbons (Fsp3) is 0.611. The fourth-order valence-corrected chi connectivity index (χ4v) is 2.83. The van der Waals surface area contributed by atoms with Gasteiger partial charge in [0.05, 0.1) is 6.61 Å². The number of ether oxygens (including phenoxy) is 1. The highest BCUT2D eigenvalue weighted by molar-refractivity contribution is 5.75. The third-order valence-corrected chi connectivity index (χ3v) is 4.37. The minimum absolute atomic E-state index is 0.360. The summed E-state index contributed by atoms with van der Waals surface area (Å²) in [6.07, 6.45) is 0. The number of carboxylic acids is 1. The lowest BCUT2D eigenvalue weighted by molar-refractivity contribution is -0.144. The summed E-state index contributed by atoms with van der Waals surface area (Å²) in [5.74, 6) is 0.462. The van der Waals surface area contributed by atoms with E-state index < -0.39 is 12.0 Å². The van der Waals surface area contributed by atoms with Crippen LogP contribution in [0.2, 0.25) is 0 Å². The van der Waals surface area contributed by atoms with E-state index in [2.05, 4.69) is 37.6 Å². The van der Waals surface area contributed by atoms with Crippen molar-refractivity contribution in [3.8, 4) is 5.75 Å². The SMILES string of the molecule is CC(C)COc1ccc(C(C(=O)O)N2CCN(C)C(C)C2)cc1. The maximum absolute atomic E-state index is 11.8. The molecule has 128 valence electrons. The topological polar surface area (TPSA) is 53.0 Å². The molecule has 0 bridgehead atoms. The van der Waals surface area contributed by atoms with Crippen LogP contribution in [-0.4, -0.2) is 60.2 Å². The van der Waals surface area contributed by atoms with Crippen molar-refractivity contribution in [2.45, 2.75) is 32.9 Å². The molecular weight excluding hydrogens is 292 g/mol. The van der Waals surface area contributed by atoms with Crippen LogP contribution in [-0.2, 0) is 4.79 Å². The Hall–Kier alpha value is -1.59. The lowest BCUT2D eigenvalue weighted by atomic mass is 10.0. The Bertz CT molecular complexity index is 516. The van der Waals surface area contributed by atoms with Gasteiger partial charge >= 0.3 is 5.97 Å². The van der Waals surface area contributed by atoms with E-state index in [-0.39, 0.29) is 0 Å². The third-order valence-electron chi connectivity index (χ3n) is 4.37. The van der Waals surface area contributed by atoms with Crippen LogP contribution in [0.25, 0.3) is 0 Å². The van der Waals surface area contributed by atoms with Gasteiger partial charge in [-0.25, -0.2) is 0 Å². The number of aliphatic carboxylic acids is 1. The van der Waals surface area contributed by atoms with Crippen LogP contribution in [0.5, 0.6) is 5.75 Å². The smallest absolute Gasteiger partial charge is 0.325 e. The van der Waals surface area contributed by atoms with Crippen molar-refractivity contribution in [1.29, 1.82) is 0 Å². The largest absolute Gasteiger partial charge is 0.493 e. The zero-order valence-corrected chi connectivity index (χ0v) is 14.5. The molecule has 0 aliphatic carbocycles. The molecule has 1 aromatic carbocycles. The van der Waals surface area contributed by atoms with Crippen LogP contribution in [0.1, 0.15) is 32.4 Å². The third kappa shape index (κ3) is 4.69. The lowest BCUT2D eigenvalue weighted by Crippen LogP contribution is -2.52. The molecule has 0 amide bonds. The molecule has 1 fully saturated rings. The second-order valence-electron chi connectivity index (χ2n) is 6.84.